The Morgan fingerprint density at radius 2 is 2.17 bits per heavy atom. The molecule has 1 aliphatic heterocycles. The first-order valence-corrected chi connectivity index (χ1v) is 8.63. The fourth-order valence-corrected chi connectivity index (χ4v) is 3.52. The van der Waals surface area contributed by atoms with Crippen molar-refractivity contribution < 1.29 is 9.18 Å². The van der Waals surface area contributed by atoms with Crippen molar-refractivity contribution in [2.24, 2.45) is 4.99 Å². The van der Waals surface area contributed by atoms with E-state index in [0.29, 0.717) is 27.8 Å². The Morgan fingerprint density at radius 3 is 2.83 bits per heavy atom. The topological polar surface area (TPSA) is 37.6 Å². The highest BCUT2D eigenvalue weighted by molar-refractivity contribution is 7.09. The predicted octanol–water partition coefficient (Wildman–Crippen LogP) is 4.22. The average Bonchev–Trinajstić information content (AvgIpc) is 3.08. The van der Waals surface area contributed by atoms with Gasteiger partial charge in [0.2, 0.25) is 0 Å². The van der Waals surface area contributed by atoms with E-state index in [-0.39, 0.29) is 6.54 Å². The van der Waals surface area contributed by atoms with Gasteiger partial charge in [-0.15, -0.1) is 11.3 Å². The van der Waals surface area contributed by atoms with Crippen LogP contribution in [-0.4, -0.2) is 34.8 Å². The first-order valence-electron chi connectivity index (χ1n) is 7.06. The Labute approximate surface area is 146 Å². The number of hydrogen-bond acceptors (Lipinski definition) is 2. The second-order valence-electron chi connectivity index (χ2n) is 5.32. The molecule has 2 aromatic rings. The van der Waals surface area contributed by atoms with Crippen molar-refractivity contribution in [3.05, 3.63) is 44.1 Å². The van der Waals surface area contributed by atoms with Crippen LogP contribution in [0.25, 0.3) is 5.69 Å². The van der Waals surface area contributed by atoms with Crippen LogP contribution in [0.2, 0.25) is 10.0 Å². The second kappa shape index (κ2) is 6.63. The number of halogens is 3. The van der Waals surface area contributed by atoms with Gasteiger partial charge in [0.15, 0.2) is 4.80 Å². The minimum absolute atomic E-state index is 0.111. The lowest BCUT2D eigenvalue weighted by atomic mass is 10.3. The number of benzene rings is 1. The normalized spacial score (nSPS) is 18.7. The van der Waals surface area contributed by atoms with Crippen molar-refractivity contribution >= 4 is 40.6 Å². The number of alkyl halides is 1. The number of likely N-dealkylation sites (tertiary alicyclic amines) is 1. The number of aryl methyl sites for hydroxylation is 1. The van der Waals surface area contributed by atoms with Crippen LogP contribution in [0.3, 0.4) is 0 Å². The van der Waals surface area contributed by atoms with Gasteiger partial charge in [-0.25, -0.2) is 9.18 Å². The van der Waals surface area contributed by atoms with Crippen molar-refractivity contribution in [1.82, 2.24) is 9.47 Å². The summed E-state index contributed by atoms with van der Waals surface area (Å²) in [5.74, 6) is 0. The van der Waals surface area contributed by atoms with E-state index in [9.17, 15) is 9.18 Å². The van der Waals surface area contributed by atoms with Crippen molar-refractivity contribution in [3.8, 4) is 5.69 Å². The molecule has 1 saturated heterocycles. The minimum Gasteiger partial charge on any atom is -0.320 e. The summed E-state index contributed by atoms with van der Waals surface area (Å²) in [6.07, 6.45) is 1.29. The number of carbonyl (C=O) groups is 1. The SMILES string of the molecule is Cc1cn(-c2ccc(Cl)c(Cl)c2)/c(=N/C(=O)N2CC[C@@H](F)C2)s1. The van der Waals surface area contributed by atoms with Gasteiger partial charge in [0.1, 0.15) is 6.17 Å². The van der Waals surface area contributed by atoms with E-state index in [4.69, 9.17) is 23.2 Å². The van der Waals surface area contributed by atoms with Gasteiger partial charge in [0.25, 0.3) is 0 Å². The molecule has 1 fully saturated rings. The maximum absolute atomic E-state index is 13.2. The summed E-state index contributed by atoms with van der Waals surface area (Å²) in [5, 5.41) is 0.890. The van der Waals surface area contributed by atoms with Crippen LogP contribution in [0.1, 0.15) is 11.3 Å². The van der Waals surface area contributed by atoms with E-state index >= 15 is 0 Å². The molecular formula is C15H14Cl2FN3OS. The van der Waals surface area contributed by atoms with Crippen molar-refractivity contribution in [3.63, 3.8) is 0 Å². The van der Waals surface area contributed by atoms with Gasteiger partial charge >= 0.3 is 6.03 Å². The van der Waals surface area contributed by atoms with Gasteiger partial charge in [-0.05, 0) is 31.5 Å². The van der Waals surface area contributed by atoms with Crippen LogP contribution >= 0.6 is 34.5 Å². The van der Waals surface area contributed by atoms with Gasteiger partial charge in [-0.3, -0.25) is 4.57 Å². The number of hydrogen-bond donors (Lipinski definition) is 0. The maximum Gasteiger partial charge on any atom is 0.346 e. The highest BCUT2D eigenvalue weighted by Crippen LogP contribution is 2.24. The van der Waals surface area contributed by atoms with E-state index < -0.39 is 12.2 Å². The van der Waals surface area contributed by atoms with Crippen molar-refractivity contribution in [1.29, 1.82) is 0 Å². The highest BCUT2D eigenvalue weighted by Gasteiger charge is 2.25. The zero-order chi connectivity index (χ0) is 16.6. The largest absolute Gasteiger partial charge is 0.346 e. The molecule has 1 atom stereocenters. The first kappa shape index (κ1) is 16.5. The molecule has 122 valence electrons. The van der Waals surface area contributed by atoms with E-state index in [2.05, 4.69) is 4.99 Å². The molecule has 0 spiro atoms. The lowest BCUT2D eigenvalue weighted by molar-refractivity contribution is 0.213. The van der Waals surface area contributed by atoms with Gasteiger partial charge in [0.05, 0.1) is 16.6 Å². The van der Waals surface area contributed by atoms with Crippen LogP contribution in [0.5, 0.6) is 0 Å². The van der Waals surface area contributed by atoms with E-state index in [1.807, 2.05) is 13.1 Å². The highest BCUT2D eigenvalue weighted by atomic mass is 35.5. The van der Waals surface area contributed by atoms with Crippen LogP contribution in [0, 0.1) is 6.92 Å². The third kappa shape index (κ3) is 3.59. The van der Waals surface area contributed by atoms with Gasteiger partial charge in [-0.1, -0.05) is 23.2 Å². The summed E-state index contributed by atoms with van der Waals surface area (Å²) < 4.78 is 15.0. The average molecular weight is 374 g/mol. The van der Waals surface area contributed by atoms with Crippen LogP contribution in [-0.2, 0) is 0 Å². The fourth-order valence-electron chi connectivity index (χ4n) is 2.40. The molecule has 8 heteroatoms. The lowest BCUT2D eigenvalue weighted by Crippen LogP contribution is -2.28. The first-order chi connectivity index (χ1) is 10.9. The molecule has 0 aliphatic carbocycles. The minimum atomic E-state index is -0.957. The number of urea groups is 1. The number of nitrogens with zero attached hydrogens (tertiary/aromatic N) is 3. The Bertz CT molecular complexity index is 817. The number of thiazole rings is 1. The summed E-state index contributed by atoms with van der Waals surface area (Å²) in [7, 11) is 0. The molecule has 2 amide bonds. The molecule has 0 radical (unpaired) electrons. The molecule has 1 aliphatic rings. The number of aromatic nitrogens is 1. The van der Waals surface area contributed by atoms with E-state index in [0.717, 1.165) is 10.6 Å². The smallest absolute Gasteiger partial charge is 0.320 e. The van der Waals surface area contributed by atoms with Gasteiger partial charge < -0.3 is 4.90 Å². The molecule has 23 heavy (non-hydrogen) atoms. The van der Waals surface area contributed by atoms with Crippen LogP contribution in [0.15, 0.2) is 29.4 Å². The van der Waals surface area contributed by atoms with Gasteiger partial charge in [0, 0.05) is 23.3 Å². The summed E-state index contributed by atoms with van der Waals surface area (Å²) in [5.41, 5.74) is 0.764. The summed E-state index contributed by atoms with van der Waals surface area (Å²) in [6.45, 7) is 2.44. The fraction of sp³-hybridized carbons (Fsp3) is 0.333. The van der Waals surface area contributed by atoms with Crippen LogP contribution < -0.4 is 4.80 Å². The third-order valence-electron chi connectivity index (χ3n) is 3.54. The zero-order valence-corrected chi connectivity index (χ0v) is 14.6. The summed E-state index contributed by atoms with van der Waals surface area (Å²) >= 11 is 13.4. The molecule has 0 unspecified atom stereocenters. The Balaban J connectivity index is 1.98. The van der Waals surface area contributed by atoms with Gasteiger partial charge in [-0.2, -0.15) is 4.99 Å². The third-order valence-corrected chi connectivity index (χ3v) is 5.18. The molecule has 2 heterocycles. The Morgan fingerprint density at radius 1 is 1.39 bits per heavy atom. The predicted molar refractivity (Wildman–Crippen MR) is 90.4 cm³/mol. The van der Waals surface area contributed by atoms with Crippen LogP contribution in [0.4, 0.5) is 9.18 Å². The molecule has 3 rings (SSSR count). The molecule has 4 nitrogen and oxygen atoms in total. The number of amides is 2. The van der Waals surface area contributed by atoms with E-state index in [1.54, 1.807) is 22.8 Å². The quantitative estimate of drug-likeness (QED) is 0.737. The zero-order valence-electron chi connectivity index (χ0n) is 12.3. The molecule has 0 bridgehead atoms. The standard InChI is InChI=1S/C15H14Cl2FN3OS/c1-9-7-21(11-2-3-12(16)13(17)6-11)15(23-9)19-14(22)20-5-4-10(18)8-20/h2-3,6-7,10H,4-5,8H2,1H3/b19-15-/t10-/m1/s1. The molecule has 0 N–H and O–H groups in total. The molecule has 1 aromatic carbocycles. The summed E-state index contributed by atoms with van der Waals surface area (Å²) in [4.78, 5) is 19.3. The van der Waals surface area contributed by atoms with Crippen molar-refractivity contribution in [2.75, 3.05) is 13.1 Å². The molecule has 1 aromatic heterocycles. The van der Waals surface area contributed by atoms with E-state index in [1.165, 1.54) is 16.2 Å². The Kier molecular flexibility index (Phi) is 4.75. The second-order valence-corrected chi connectivity index (χ2v) is 7.35. The molecular weight excluding hydrogens is 360 g/mol. The van der Waals surface area contributed by atoms with Crippen molar-refractivity contribution in [2.45, 2.75) is 19.5 Å². The lowest BCUT2D eigenvalue weighted by Gasteiger charge is -2.11. The number of carbonyl (C=O) groups excluding carboxylic acids is 1. The Hall–Kier alpha value is -1.37. The number of rotatable bonds is 1. The maximum atomic E-state index is 13.2. The monoisotopic (exact) mass is 373 g/mol. The molecule has 0 saturated carbocycles. The summed E-state index contributed by atoms with van der Waals surface area (Å²) in [6, 6.07) is 4.80.